The number of urea groups is 1. The zero-order valence-electron chi connectivity index (χ0n) is 9.69. The molecule has 2 amide bonds. The number of carbonyl (C=O) groups is 2. The van der Waals surface area contributed by atoms with E-state index >= 15 is 0 Å². The van der Waals surface area contributed by atoms with Crippen LogP contribution in [0.3, 0.4) is 0 Å². The second kappa shape index (κ2) is 7.09. The summed E-state index contributed by atoms with van der Waals surface area (Å²) in [5.41, 5.74) is 0. The van der Waals surface area contributed by atoms with Crippen molar-refractivity contribution < 1.29 is 14.7 Å². The van der Waals surface area contributed by atoms with E-state index in [0.29, 0.717) is 13.1 Å². The molecular formula is C10H20N2O3. The fraction of sp³-hybridized carbons (Fsp3) is 0.800. The molecular weight excluding hydrogens is 196 g/mol. The Labute approximate surface area is 90.7 Å². The molecule has 0 aliphatic heterocycles. The van der Waals surface area contributed by atoms with E-state index < -0.39 is 5.97 Å². The molecule has 0 atom stereocenters. The van der Waals surface area contributed by atoms with E-state index in [2.05, 4.69) is 0 Å². The zero-order valence-corrected chi connectivity index (χ0v) is 9.69. The minimum Gasteiger partial charge on any atom is -0.480 e. The molecule has 0 unspecified atom stereocenters. The van der Waals surface area contributed by atoms with Gasteiger partial charge in [0.05, 0.1) is 0 Å². The highest BCUT2D eigenvalue weighted by molar-refractivity contribution is 5.79. The number of hydrogen-bond acceptors (Lipinski definition) is 2. The van der Waals surface area contributed by atoms with Gasteiger partial charge >= 0.3 is 12.0 Å². The predicted molar refractivity (Wildman–Crippen MR) is 57.8 cm³/mol. The van der Waals surface area contributed by atoms with Crippen LogP contribution in [0.4, 0.5) is 4.79 Å². The Hall–Kier alpha value is -1.26. The van der Waals surface area contributed by atoms with Gasteiger partial charge in [-0.3, -0.25) is 4.79 Å². The number of carboxylic acid groups (broad SMARTS) is 1. The molecule has 0 radical (unpaired) electrons. The van der Waals surface area contributed by atoms with Crippen LogP contribution in [-0.4, -0.2) is 53.6 Å². The molecule has 1 N–H and O–H groups in total. The predicted octanol–water partition coefficient (Wildman–Crippen LogP) is 1.24. The van der Waals surface area contributed by atoms with Crippen LogP contribution in [0.1, 0.15) is 26.7 Å². The van der Waals surface area contributed by atoms with Crippen molar-refractivity contribution in [3.8, 4) is 0 Å². The number of likely N-dealkylation sites (N-methyl/N-ethyl adjacent to an activating group) is 1. The van der Waals surface area contributed by atoms with Crippen molar-refractivity contribution in [1.29, 1.82) is 0 Å². The van der Waals surface area contributed by atoms with E-state index in [9.17, 15) is 9.59 Å². The van der Waals surface area contributed by atoms with Crippen LogP contribution >= 0.6 is 0 Å². The van der Waals surface area contributed by atoms with Gasteiger partial charge in [-0.05, 0) is 12.8 Å². The molecule has 0 saturated heterocycles. The molecule has 0 saturated carbocycles. The summed E-state index contributed by atoms with van der Waals surface area (Å²) in [6.45, 7) is 5.09. The lowest BCUT2D eigenvalue weighted by molar-refractivity contribution is -0.137. The molecule has 0 heterocycles. The van der Waals surface area contributed by atoms with Gasteiger partial charge < -0.3 is 14.9 Å². The van der Waals surface area contributed by atoms with Crippen LogP contribution in [0.15, 0.2) is 0 Å². The van der Waals surface area contributed by atoms with E-state index in [1.54, 1.807) is 4.90 Å². The first-order valence-corrected chi connectivity index (χ1v) is 5.24. The molecule has 0 fully saturated rings. The Morgan fingerprint density at radius 3 is 1.93 bits per heavy atom. The summed E-state index contributed by atoms with van der Waals surface area (Å²) in [6, 6.07) is -0.207. The highest BCUT2D eigenvalue weighted by Gasteiger charge is 2.17. The van der Waals surface area contributed by atoms with Gasteiger partial charge in [0.1, 0.15) is 6.54 Å². The Morgan fingerprint density at radius 1 is 1.13 bits per heavy atom. The monoisotopic (exact) mass is 216 g/mol. The van der Waals surface area contributed by atoms with Crippen LogP contribution in [0.5, 0.6) is 0 Å². The normalized spacial score (nSPS) is 9.80. The Balaban J connectivity index is 4.27. The second-order valence-corrected chi connectivity index (χ2v) is 3.52. The average Bonchev–Trinajstić information content (AvgIpc) is 2.15. The van der Waals surface area contributed by atoms with Crippen LogP contribution < -0.4 is 0 Å². The largest absolute Gasteiger partial charge is 0.480 e. The van der Waals surface area contributed by atoms with Gasteiger partial charge in [-0.1, -0.05) is 13.8 Å². The maximum atomic E-state index is 11.7. The number of hydrogen-bond donors (Lipinski definition) is 1. The van der Waals surface area contributed by atoms with Crippen molar-refractivity contribution in [2.75, 3.05) is 26.7 Å². The van der Waals surface area contributed by atoms with Crippen molar-refractivity contribution in [2.45, 2.75) is 26.7 Å². The minimum atomic E-state index is -0.987. The first-order chi connectivity index (χ1) is 7.02. The lowest BCUT2D eigenvalue weighted by Crippen LogP contribution is -2.43. The SMILES string of the molecule is CCCN(CCC)C(=O)N(C)CC(=O)O. The fourth-order valence-corrected chi connectivity index (χ4v) is 1.35. The molecule has 0 aromatic rings. The molecule has 5 heteroatoms. The first-order valence-electron chi connectivity index (χ1n) is 5.24. The summed E-state index contributed by atoms with van der Waals surface area (Å²) >= 11 is 0. The van der Waals surface area contributed by atoms with E-state index in [0.717, 1.165) is 12.8 Å². The third-order valence-electron chi connectivity index (χ3n) is 1.96. The summed E-state index contributed by atoms with van der Waals surface area (Å²) in [6.07, 6.45) is 1.76. The third-order valence-corrected chi connectivity index (χ3v) is 1.96. The van der Waals surface area contributed by atoms with Crippen molar-refractivity contribution in [2.24, 2.45) is 0 Å². The summed E-state index contributed by atoms with van der Waals surface area (Å²) in [5, 5.41) is 8.56. The highest BCUT2D eigenvalue weighted by atomic mass is 16.4. The molecule has 0 aliphatic carbocycles. The smallest absolute Gasteiger partial charge is 0.323 e. The van der Waals surface area contributed by atoms with E-state index in [1.165, 1.54) is 11.9 Å². The van der Waals surface area contributed by atoms with Gasteiger partial charge in [-0.15, -0.1) is 0 Å². The quantitative estimate of drug-likeness (QED) is 0.726. The zero-order chi connectivity index (χ0) is 11.8. The lowest BCUT2D eigenvalue weighted by atomic mass is 10.3. The van der Waals surface area contributed by atoms with Gasteiger partial charge in [-0.25, -0.2) is 4.79 Å². The summed E-state index contributed by atoms with van der Waals surface area (Å²) in [4.78, 5) is 25.1. The highest BCUT2D eigenvalue weighted by Crippen LogP contribution is 2.00. The average molecular weight is 216 g/mol. The maximum Gasteiger partial charge on any atom is 0.323 e. The molecule has 0 aromatic heterocycles. The van der Waals surface area contributed by atoms with Crippen LogP contribution in [-0.2, 0) is 4.79 Å². The Kier molecular flexibility index (Phi) is 6.49. The van der Waals surface area contributed by atoms with Gasteiger partial charge in [-0.2, -0.15) is 0 Å². The summed E-state index contributed by atoms with van der Waals surface area (Å²) < 4.78 is 0. The van der Waals surface area contributed by atoms with Crippen LogP contribution in [0, 0.1) is 0 Å². The number of amides is 2. The van der Waals surface area contributed by atoms with Gasteiger partial charge in [0, 0.05) is 20.1 Å². The van der Waals surface area contributed by atoms with E-state index in [4.69, 9.17) is 5.11 Å². The van der Waals surface area contributed by atoms with E-state index in [1.807, 2.05) is 13.8 Å². The Bertz CT molecular complexity index is 213. The first kappa shape index (κ1) is 13.7. The lowest BCUT2D eigenvalue weighted by Gasteiger charge is -2.26. The van der Waals surface area contributed by atoms with Crippen molar-refractivity contribution >= 4 is 12.0 Å². The van der Waals surface area contributed by atoms with Crippen LogP contribution in [0.25, 0.3) is 0 Å². The molecule has 0 bridgehead atoms. The number of aliphatic carboxylic acids is 1. The molecule has 88 valence electrons. The summed E-state index contributed by atoms with van der Waals surface area (Å²) in [5.74, 6) is -0.987. The Morgan fingerprint density at radius 2 is 1.60 bits per heavy atom. The number of carbonyl (C=O) groups excluding carboxylic acids is 1. The van der Waals surface area contributed by atoms with E-state index in [-0.39, 0.29) is 12.6 Å². The fourth-order valence-electron chi connectivity index (χ4n) is 1.35. The maximum absolute atomic E-state index is 11.7. The van der Waals surface area contributed by atoms with Crippen molar-refractivity contribution in [3.63, 3.8) is 0 Å². The minimum absolute atomic E-state index is 0.207. The number of rotatable bonds is 6. The van der Waals surface area contributed by atoms with Crippen molar-refractivity contribution in [1.82, 2.24) is 9.80 Å². The standard InChI is InChI=1S/C10H20N2O3/c1-4-6-12(7-5-2)10(15)11(3)8-9(13)14/h4-8H2,1-3H3,(H,13,14). The number of carboxylic acids is 1. The summed E-state index contributed by atoms with van der Waals surface area (Å²) in [7, 11) is 1.51. The topological polar surface area (TPSA) is 60.9 Å². The molecule has 0 rings (SSSR count). The molecule has 0 aromatic carbocycles. The molecule has 15 heavy (non-hydrogen) atoms. The number of nitrogens with zero attached hydrogens (tertiary/aromatic N) is 2. The molecule has 0 spiro atoms. The van der Waals surface area contributed by atoms with Crippen molar-refractivity contribution in [3.05, 3.63) is 0 Å². The van der Waals surface area contributed by atoms with Gasteiger partial charge in [0.25, 0.3) is 0 Å². The second-order valence-electron chi connectivity index (χ2n) is 3.52. The van der Waals surface area contributed by atoms with Gasteiger partial charge in [0.2, 0.25) is 0 Å². The third kappa shape index (κ3) is 5.24. The molecule has 0 aliphatic rings. The van der Waals surface area contributed by atoms with Gasteiger partial charge in [0.15, 0.2) is 0 Å². The molecule has 5 nitrogen and oxygen atoms in total. The van der Waals surface area contributed by atoms with Crippen LogP contribution in [0.2, 0.25) is 0 Å².